The number of carbonyl (C=O) groups is 1. The van der Waals surface area contributed by atoms with Crippen molar-refractivity contribution in [1.82, 2.24) is 5.32 Å². The molecule has 3 heteroatoms. The van der Waals surface area contributed by atoms with Gasteiger partial charge in [0, 0.05) is 13.0 Å². The molecule has 1 saturated heterocycles. The van der Waals surface area contributed by atoms with Crippen LogP contribution in [0.5, 0.6) is 0 Å². The Bertz CT molecular complexity index is 93.7. The van der Waals surface area contributed by atoms with Crippen molar-refractivity contribution in [2.24, 2.45) is 0 Å². The molecule has 0 aromatic heterocycles. The Balaban J connectivity index is 2.40. The van der Waals surface area contributed by atoms with Crippen LogP contribution in [0.1, 0.15) is 6.42 Å². The van der Waals surface area contributed by atoms with Crippen LogP contribution in [0.4, 0.5) is 0 Å². The molecule has 1 N–H and O–H groups in total. The number of amides is 1. The summed E-state index contributed by atoms with van der Waals surface area (Å²) in [5.74, 6) is 0.181. The zero-order chi connectivity index (χ0) is 5.28. The molecule has 40 valence electrons. The van der Waals surface area contributed by atoms with Gasteiger partial charge in [-0.1, -0.05) is 0 Å². The Hall–Kier alpha value is -0.100. The molecule has 2 nitrogen and oxygen atoms in total. The molecule has 1 aliphatic rings. The van der Waals surface area contributed by atoms with Crippen molar-refractivity contribution in [3.05, 3.63) is 0 Å². The third-order valence-corrected chi connectivity index (χ3v) is 1.48. The van der Waals surface area contributed by atoms with E-state index in [1.807, 2.05) is 0 Å². The summed E-state index contributed by atoms with van der Waals surface area (Å²) in [6.07, 6.45) is 0.685. The lowest BCUT2D eigenvalue weighted by Crippen LogP contribution is -2.13. The normalized spacial score (nSPS) is 30.4. The van der Waals surface area contributed by atoms with Gasteiger partial charge in [0.15, 0.2) is 0 Å². The molecule has 2 atom stereocenters. The van der Waals surface area contributed by atoms with Crippen LogP contribution in [0.2, 0.25) is 0 Å². The average molecular weight is 117 g/mol. The minimum atomic E-state index is 0.181. The molecule has 1 rings (SSSR count). The van der Waals surface area contributed by atoms with Crippen LogP contribution in [0.3, 0.4) is 0 Å². The van der Waals surface area contributed by atoms with E-state index in [2.05, 4.69) is 14.6 Å². The summed E-state index contributed by atoms with van der Waals surface area (Å²) in [5, 5.41) is 2.71. The molecule has 0 aromatic carbocycles. The van der Waals surface area contributed by atoms with Gasteiger partial charge in [0.2, 0.25) is 5.91 Å². The van der Waals surface area contributed by atoms with E-state index in [4.69, 9.17) is 0 Å². The summed E-state index contributed by atoms with van der Waals surface area (Å²) in [7, 11) is 2.61. The van der Waals surface area contributed by atoms with Crippen LogP contribution in [0.15, 0.2) is 0 Å². The van der Waals surface area contributed by atoms with Crippen LogP contribution in [0, 0.1) is 0 Å². The number of rotatable bonds is 0. The van der Waals surface area contributed by atoms with Crippen molar-refractivity contribution in [1.29, 1.82) is 0 Å². The zero-order valence-electron chi connectivity index (χ0n) is 3.98. The predicted molar refractivity (Wildman–Crippen MR) is 31.1 cm³/mol. The quantitative estimate of drug-likeness (QED) is 0.435. The lowest BCUT2D eigenvalue weighted by Gasteiger charge is -1.89. The minimum absolute atomic E-state index is 0.181. The van der Waals surface area contributed by atoms with Gasteiger partial charge in [-0.15, -0.1) is 9.24 Å². The summed E-state index contributed by atoms with van der Waals surface area (Å²) in [6.45, 7) is 0.837. The van der Waals surface area contributed by atoms with E-state index in [1.165, 1.54) is 0 Å². The Morgan fingerprint density at radius 1 is 1.86 bits per heavy atom. The lowest BCUT2D eigenvalue weighted by molar-refractivity contribution is -0.119. The largest absolute Gasteiger partial charge is 0.355 e. The third kappa shape index (κ3) is 1.13. The molecule has 0 spiro atoms. The molecule has 1 amide bonds. The van der Waals surface area contributed by atoms with Crippen molar-refractivity contribution in [2.45, 2.75) is 12.1 Å². The average Bonchev–Trinajstić information content (AvgIpc) is 1.87. The first-order chi connectivity index (χ1) is 3.29. The maximum absolute atomic E-state index is 10.3. The third-order valence-electron chi connectivity index (χ3n) is 1.01. The standard InChI is InChI=1S/C4H8NOP/c6-4-1-3(7)2-5-4/h3H,1-2,7H2,(H,5,6). The molecule has 1 aliphatic heterocycles. The Kier molecular flexibility index (Phi) is 1.29. The fourth-order valence-corrected chi connectivity index (χ4v) is 0.959. The van der Waals surface area contributed by atoms with Gasteiger partial charge in [0.25, 0.3) is 0 Å². The Morgan fingerprint density at radius 3 is 2.71 bits per heavy atom. The molecule has 1 heterocycles. The first kappa shape index (κ1) is 5.04. The number of nitrogens with one attached hydrogen (secondary N) is 1. The first-order valence-electron chi connectivity index (χ1n) is 2.31. The van der Waals surface area contributed by atoms with Gasteiger partial charge in [-0.2, -0.15) is 0 Å². The van der Waals surface area contributed by atoms with Crippen molar-refractivity contribution in [2.75, 3.05) is 6.54 Å². The topological polar surface area (TPSA) is 29.1 Å². The second-order valence-electron chi connectivity index (χ2n) is 1.77. The van der Waals surface area contributed by atoms with Gasteiger partial charge in [0.05, 0.1) is 0 Å². The van der Waals surface area contributed by atoms with Gasteiger partial charge in [-0.25, -0.2) is 0 Å². The number of carbonyl (C=O) groups excluding carboxylic acids is 1. The zero-order valence-corrected chi connectivity index (χ0v) is 5.13. The Morgan fingerprint density at radius 2 is 2.57 bits per heavy atom. The van der Waals surface area contributed by atoms with Crippen molar-refractivity contribution in [3.8, 4) is 0 Å². The van der Waals surface area contributed by atoms with Crippen LogP contribution < -0.4 is 5.32 Å². The highest BCUT2D eigenvalue weighted by Crippen LogP contribution is 2.08. The van der Waals surface area contributed by atoms with Gasteiger partial charge in [0.1, 0.15) is 0 Å². The van der Waals surface area contributed by atoms with Crippen LogP contribution >= 0.6 is 9.24 Å². The summed E-state index contributed by atoms with van der Waals surface area (Å²) >= 11 is 0. The minimum Gasteiger partial charge on any atom is -0.355 e. The monoisotopic (exact) mass is 117 g/mol. The van der Waals surface area contributed by atoms with Crippen LogP contribution in [-0.2, 0) is 4.79 Å². The summed E-state index contributed by atoms with van der Waals surface area (Å²) in [4.78, 5) is 10.3. The van der Waals surface area contributed by atoms with E-state index in [0.717, 1.165) is 6.54 Å². The molecule has 0 radical (unpaired) electrons. The SMILES string of the molecule is O=C1CC(P)CN1. The van der Waals surface area contributed by atoms with Gasteiger partial charge in [-0.3, -0.25) is 4.79 Å². The van der Waals surface area contributed by atoms with Crippen molar-refractivity contribution >= 4 is 15.1 Å². The summed E-state index contributed by atoms with van der Waals surface area (Å²) in [6, 6.07) is 0. The fourth-order valence-electron chi connectivity index (χ4n) is 0.627. The second kappa shape index (κ2) is 1.79. The number of hydrogen-bond acceptors (Lipinski definition) is 1. The van der Waals surface area contributed by atoms with E-state index in [1.54, 1.807) is 0 Å². The van der Waals surface area contributed by atoms with E-state index < -0.39 is 0 Å². The van der Waals surface area contributed by atoms with Crippen LogP contribution in [-0.4, -0.2) is 18.1 Å². The van der Waals surface area contributed by atoms with Gasteiger partial charge >= 0.3 is 0 Å². The highest BCUT2D eigenvalue weighted by Gasteiger charge is 2.15. The van der Waals surface area contributed by atoms with Gasteiger partial charge < -0.3 is 5.32 Å². The maximum Gasteiger partial charge on any atom is 0.220 e. The fraction of sp³-hybridized carbons (Fsp3) is 0.750. The predicted octanol–water partition coefficient (Wildman–Crippen LogP) is -0.250. The van der Waals surface area contributed by atoms with Crippen LogP contribution in [0.25, 0.3) is 0 Å². The summed E-state index contributed by atoms with van der Waals surface area (Å²) < 4.78 is 0. The lowest BCUT2D eigenvalue weighted by atomic mass is 10.4. The van der Waals surface area contributed by atoms with Crippen molar-refractivity contribution in [3.63, 3.8) is 0 Å². The molecule has 0 aromatic rings. The number of hydrogen-bond donors (Lipinski definition) is 1. The molecule has 0 aliphatic carbocycles. The van der Waals surface area contributed by atoms with E-state index >= 15 is 0 Å². The van der Waals surface area contributed by atoms with Gasteiger partial charge in [-0.05, 0) is 5.66 Å². The highest BCUT2D eigenvalue weighted by atomic mass is 31.0. The molecule has 7 heavy (non-hydrogen) atoms. The smallest absolute Gasteiger partial charge is 0.220 e. The van der Waals surface area contributed by atoms with E-state index in [9.17, 15) is 4.79 Å². The molecule has 0 bridgehead atoms. The highest BCUT2D eigenvalue weighted by molar-refractivity contribution is 7.17. The summed E-state index contributed by atoms with van der Waals surface area (Å²) in [5.41, 5.74) is 0.479. The molecular weight excluding hydrogens is 109 g/mol. The second-order valence-corrected chi connectivity index (χ2v) is 2.71. The Labute approximate surface area is 44.9 Å². The van der Waals surface area contributed by atoms with Crippen molar-refractivity contribution < 1.29 is 4.79 Å². The first-order valence-corrected chi connectivity index (χ1v) is 2.98. The molecular formula is C4H8NOP. The molecule has 2 unspecified atom stereocenters. The molecule has 0 saturated carbocycles. The molecule has 1 fully saturated rings. The van der Waals surface area contributed by atoms with E-state index in [0.29, 0.717) is 12.1 Å². The van der Waals surface area contributed by atoms with E-state index in [-0.39, 0.29) is 5.91 Å². The maximum atomic E-state index is 10.3.